The number of anilines is 1. The molecule has 4 aromatic rings. The van der Waals surface area contributed by atoms with Crippen LogP contribution in [0.1, 0.15) is 47.2 Å². The first-order chi connectivity index (χ1) is 15.0. The average Bonchev–Trinajstić information content (AvgIpc) is 3.29. The molecule has 1 N–H and O–H groups in total. The molecule has 166 valence electrons. The Bertz CT molecular complexity index is 1300. The Labute approximate surface area is 181 Å². The number of rotatable bonds is 4. The molecule has 0 bridgehead atoms. The van der Waals surface area contributed by atoms with Crippen molar-refractivity contribution in [3.05, 3.63) is 65.2 Å². The highest BCUT2D eigenvalue weighted by Crippen LogP contribution is 2.32. The van der Waals surface area contributed by atoms with E-state index in [2.05, 4.69) is 20.5 Å². The number of hydrogen-bond acceptors (Lipinski definition) is 4. The van der Waals surface area contributed by atoms with Crippen molar-refractivity contribution in [3.63, 3.8) is 0 Å². The molecular formula is C22H21F3N6O. The number of amides is 1. The zero-order valence-electron chi connectivity index (χ0n) is 17.9. The van der Waals surface area contributed by atoms with Crippen LogP contribution >= 0.6 is 0 Å². The Morgan fingerprint density at radius 2 is 1.78 bits per heavy atom. The molecule has 0 saturated heterocycles. The zero-order chi connectivity index (χ0) is 23.2. The number of fused-ring (bicyclic) bond motifs is 1. The Morgan fingerprint density at radius 1 is 1.09 bits per heavy atom. The van der Waals surface area contributed by atoms with Crippen molar-refractivity contribution in [1.82, 2.24) is 24.4 Å². The quantitative estimate of drug-likeness (QED) is 0.491. The topological polar surface area (TPSA) is 77.1 Å². The van der Waals surface area contributed by atoms with Crippen LogP contribution in [-0.2, 0) is 13.2 Å². The van der Waals surface area contributed by atoms with Gasteiger partial charge in [-0.2, -0.15) is 23.4 Å². The Morgan fingerprint density at radius 3 is 2.34 bits per heavy atom. The second-order valence-electron chi connectivity index (χ2n) is 7.86. The molecule has 32 heavy (non-hydrogen) atoms. The highest BCUT2D eigenvalue weighted by molar-refractivity contribution is 6.03. The molecule has 0 saturated carbocycles. The van der Waals surface area contributed by atoms with Gasteiger partial charge in [0, 0.05) is 24.9 Å². The van der Waals surface area contributed by atoms with Crippen LogP contribution in [0.2, 0.25) is 0 Å². The molecular weight excluding hydrogens is 421 g/mol. The van der Waals surface area contributed by atoms with E-state index in [4.69, 9.17) is 0 Å². The number of carbonyl (C=O) groups is 1. The maximum absolute atomic E-state index is 13.8. The number of hydrogen-bond donors (Lipinski definition) is 1. The summed E-state index contributed by atoms with van der Waals surface area (Å²) < 4.78 is 43.6. The van der Waals surface area contributed by atoms with Crippen LogP contribution in [0.15, 0.2) is 42.6 Å². The van der Waals surface area contributed by atoms with Gasteiger partial charge in [-0.25, -0.2) is 9.50 Å². The van der Waals surface area contributed by atoms with Crippen molar-refractivity contribution in [2.24, 2.45) is 7.05 Å². The second-order valence-corrected chi connectivity index (χ2v) is 7.86. The van der Waals surface area contributed by atoms with Crippen LogP contribution in [0.4, 0.5) is 18.9 Å². The molecule has 0 unspecified atom stereocenters. The first-order valence-electron chi connectivity index (χ1n) is 9.93. The summed E-state index contributed by atoms with van der Waals surface area (Å²) in [5.74, 6) is -0.355. The van der Waals surface area contributed by atoms with Gasteiger partial charge in [0.1, 0.15) is 0 Å². The largest absolute Gasteiger partial charge is 0.433 e. The van der Waals surface area contributed by atoms with Gasteiger partial charge in [-0.3, -0.25) is 9.48 Å². The van der Waals surface area contributed by atoms with Gasteiger partial charge in [-0.15, -0.1) is 0 Å². The van der Waals surface area contributed by atoms with Crippen LogP contribution in [0.5, 0.6) is 0 Å². The highest BCUT2D eigenvalue weighted by Gasteiger charge is 2.35. The van der Waals surface area contributed by atoms with Gasteiger partial charge in [-0.05, 0) is 24.5 Å². The van der Waals surface area contributed by atoms with Crippen molar-refractivity contribution in [3.8, 4) is 11.3 Å². The lowest BCUT2D eigenvalue weighted by molar-refractivity contribution is -0.142. The van der Waals surface area contributed by atoms with Crippen LogP contribution in [0, 0.1) is 6.92 Å². The molecule has 7 nitrogen and oxygen atoms in total. The van der Waals surface area contributed by atoms with E-state index < -0.39 is 17.8 Å². The van der Waals surface area contributed by atoms with Crippen LogP contribution < -0.4 is 5.32 Å². The Balaban J connectivity index is 1.77. The molecule has 0 aliphatic heterocycles. The van der Waals surface area contributed by atoms with Gasteiger partial charge in [0.25, 0.3) is 5.91 Å². The van der Waals surface area contributed by atoms with Crippen molar-refractivity contribution in [1.29, 1.82) is 0 Å². The van der Waals surface area contributed by atoms with E-state index in [0.717, 1.165) is 11.6 Å². The molecule has 0 radical (unpaired) electrons. The van der Waals surface area contributed by atoms with Gasteiger partial charge < -0.3 is 5.32 Å². The van der Waals surface area contributed by atoms with Gasteiger partial charge in [0.05, 0.1) is 17.1 Å². The van der Waals surface area contributed by atoms with E-state index in [9.17, 15) is 18.0 Å². The van der Waals surface area contributed by atoms with Crippen LogP contribution in [0.25, 0.3) is 16.9 Å². The molecule has 3 heterocycles. The molecule has 1 aromatic carbocycles. The standard InChI is InChI=1S/C22H21F3N6O/c1-12(2)14-5-7-15(8-6-14)16-9-19(22(23,24)25)31-20(26-16)10-17(29-31)21(32)27-18-11-30(4)28-13(18)3/h5-12H,1-4H3,(H,27,32). The number of halogens is 3. The number of aryl methyl sites for hydroxylation is 2. The number of benzene rings is 1. The van der Waals surface area contributed by atoms with Crippen LogP contribution in [0.3, 0.4) is 0 Å². The first kappa shape index (κ1) is 21.5. The summed E-state index contributed by atoms with van der Waals surface area (Å²) in [5, 5.41) is 10.6. The van der Waals surface area contributed by atoms with Crippen molar-refractivity contribution in [2.45, 2.75) is 32.9 Å². The first-order valence-corrected chi connectivity index (χ1v) is 9.93. The third-order valence-electron chi connectivity index (χ3n) is 5.09. The van der Waals surface area contributed by atoms with E-state index >= 15 is 0 Å². The number of nitrogens with zero attached hydrogens (tertiary/aromatic N) is 5. The minimum atomic E-state index is -4.69. The van der Waals surface area contributed by atoms with Crippen molar-refractivity contribution >= 4 is 17.2 Å². The summed E-state index contributed by atoms with van der Waals surface area (Å²) in [4.78, 5) is 17.0. The maximum atomic E-state index is 13.8. The lowest BCUT2D eigenvalue weighted by Crippen LogP contribution is -2.16. The summed E-state index contributed by atoms with van der Waals surface area (Å²) in [6.07, 6.45) is -3.09. The monoisotopic (exact) mass is 442 g/mol. The zero-order valence-corrected chi connectivity index (χ0v) is 17.9. The Hall–Kier alpha value is -3.69. The lowest BCUT2D eigenvalue weighted by Gasteiger charge is -2.11. The molecule has 0 spiro atoms. The molecule has 0 atom stereocenters. The molecule has 0 fully saturated rings. The normalized spacial score (nSPS) is 12.0. The summed E-state index contributed by atoms with van der Waals surface area (Å²) in [7, 11) is 1.70. The van der Waals surface area contributed by atoms with E-state index in [1.54, 1.807) is 32.3 Å². The maximum Gasteiger partial charge on any atom is 0.433 e. The van der Waals surface area contributed by atoms with Crippen LogP contribution in [-0.4, -0.2) is 30.3 Å². The van der Waals surface area contributed by atoms with Crippen molar-refractivity contribution < 1.29 is 18.0 Å². The number of alkyl halides is 3. The summed E-state index contributed by atoms with van der Waals surface area (Å²) in [6, 6.07) is 9.39. The second kappa shape index (κ2) is 7.77. The fraction of sp³-hybridized carbons (Fsp3) is 0.273. The molecule has 1 amide bonds. The van der Waals surface area contributed by atoms with E-state index in [0.29, 0.717) is 27.4 Å². The molecule has 4 rings (SSSR count). The molecule has 0 aliphatic rings. The van der Waals surface area contributed by atoms with Gasteiger partial charge >= 0.3 is 6.18 Å². The van der Waals surface area contributed by atoms with Gasteiger partial charge in [0.15, 0.2) is 17.0 Å². The molecule has 10 heteroatoms. The molecule has 0 aliphatic carbocycles. The Kier molecular flexibility index (Phi) is 5.23. The molecule has 3 aromatic heterocycles. The van der Waals surface area contributed by atoms with Gasteiger partial charge in [0.2, 0.25) is 0 Å². The van der Waals surface area contributed by atoms with Crippen molar-refractivity contribution in [2.75, 3.05) is 5.32 Å². The van der Waals surface area contributed by atoms with E-state index in [1.807, 2.05) is 26.0 Å². The predicted octanol–water partition coefficient (Wildman–Crippen LogP) is 4.83. The summed E-state index contributed by atoms with van der Waals surface area (Å²) >= 11 is 0. The fourth-order valence-electron chi connectivity index (χ4n) is 3.38. The SMILES string of the molecule is Cc1nn(C)cc1NC(=O)c1cc2nc(-c3ccc(C(C)C)cc3)cc(C(F)(F)F)n2n1. The van der Waals surface area contributed by atoms with E-state index in [-0.39, 0.29) is 17.0 Å². The number of nitrogens with one attached hydrogen (secondary N) is 1. The number of aromatic nitrogens is 5. The third-order valence-corrected chi connectivity index (χ3v) is 5.09. The summed E-state index contributed by atoms with van der Waals surface area (Å²) in [6.45, 7) is 5.78. The smallest absolute Gasteiger partial charge is 0.318 e. The summed E-state index contributed by atoms with van der Waals surface area (Å²) in [5.41, 5.74) is 1.52. The predicted molar refractivity (Wildman–Crippen MR) is 113 cm³/mol. The lowest BCUT2D eigenvalue weighted by atomic mass is 10.0. The number of carbonyl (C=O) groups excluding carboxylic acids is 1. The third kappa shape index (κ3) is 4.08. The average molecular weight is 442 g/mol. The van der Waals surface area contributed by atoms with Gasteiger partial charge in [-0.1, -0.05) is 38.1 Å². The fourth-order valence-corrected chi connectivity index (χ4v) is 3.38. The van der Waals surface area contributed by atoms with E-state index in [1.165, 1.54) is 10.7 Å². The minimum absolute atomic E-state index is 0.0733. The minimum Gasteiger partial charge on any atom is -0.318 e. The highest BCUT2D eigenvalue weighted by atomic mass is 19.4.